The van der Waals surface area contributed by atoms with Crippen molar-refractivity contribution in [1.29, 1.82) is 0 Å². The molecule has 29 heavy (non-hydrogen) atoms. The van der Waals surface area contributed by atoms with Gasteiger partial charge < -0.3 is 10.2 Å². The maximum absolute atomic E-state index is 13.6. The van der Waals surface area contributed by atoms with E-state index in [1.807, 2.05) is 4.90 Å². The lowest BCUT2D eigenvalue weighted by atomic mass is 10.0. The first-order valence-electron chi connectivity index (χ1n) is 9.86. The predicted octanol–water partition coefficient (Wildman–Crippen LogP) is 4.11. The van der Waals surface area contributed by atoms with Crippen molar-refractivity contribution >= 4 is 11.6 Å². The number of hydrogen-bond donors (Lipinski definition) is 1. The van der Waals surface area contributed by atoms with Crippen molar-refractivity contribution in [2.24, 2.45) is 5.92 Å². The van der Waals surface area contributed by atoms with Gasteiger partial charge in [-0.05, 0) is 43.5 Å². The summed E-state index contributed by atoms with van der Waals surface area (Å²) in [6, 6.07) is 5.65. The van der Waals surface area contributed by atoms with Crippen molar-refractivity contribution < 1.29 is 20.8 Å². The number of piperazine rings is 1. The lowest BCUT2D eigenvalue weighted by Gasteiger charge is -2.35. The zero-order valence-electron chi connectivity index (χ0n) is 16.2. The van der Waals surface area contributed by atoms with Crippen molar-refractivity contribution in [2.75, 3.05) is 24.5 Å². The Labute approximate surface area is 170 Å². The molecule has 0 aromatic carbocycles. The highest BCUT2D eigenvalue weighted by Crippen LogP contribution is 2.35. The molecule has 8 heteroatoms. The number of alkyl halides is 3. The van der Waals surface area contributed by atoms with E-state index < -0.39 is 23.2 Å². The van der Waals surface area contributed by atoms with Gasteiger partial charge in [0.05, 0.1) is 5.56 Å². The molecule has 4 rings (SSSR count). The van der Waals surface area contributed by atoms with E-state index in [1.165, 1.54) is 37.2 Å². The van der Waals surface area contributed by atoms with Crippen molar-refractivity contribution in [1.82, 2.24) is 15.3 Å². The molecule has 1 aliphatic heterocycles. The van der Waals surface area contributed by atoms with E-state index >= 15 is 0 Å². The Bertz CT molecular complexity index is 922. The van der Waals surface area contributed by atoms with Crippen LogP contribution in [0.15, 0.2) is 30.5 Å². The molecule has 2 aliphatic rings. The molecule has 0 spiro atoms. The Balaban J connectivity index is 0.00000171. The molecule has 5 nitrogen and oxygen atoms in total. The number of carbonyl (C=O) groups is 1. The molecular weight excluding hydrogens is 381 g/mol. The van der Waals surface area contributed by atoms with Crippen LogP contribution in [0.2, 0.25) is 0 Å². The van der Waals surface area contributed by atoms with Gasteiger partial charge in [-0.2, -0.15) is 13.2 Å². The number of ketones is 1. The number of hydrogen-bond acceptors (Lipinski definition) is 5. The summed E-state index contributed by atoms with van der Waals surface area (Å²) in [4.78, 5) is 23.2. The molecule has 1 aliphatic carbocycles. The van der Waals surface area contributed by atoms with Crippen LogP contribution in [0.1, 0.15) is 49.4 Å². The zero-order valence-corrected chi connectivity index (χ0v) is 16.2. The number of anilines is 1. The number of carbonyl (C=O) groups excluding carboxylic acids is 1. The highest BCUT2D eigenvalue weighted by atomic mass is 19.4. The fraction of sp³-hybridized carbons (Fsp3) is 0.476. The number of rotatable bonds is 5. The first-order valence-corrected chi connectivity index (χ1v) is 9.86. The second-order valence-electron chi connectivity index (χ2n) is 7.81. The highest BCUT2D eigenvalue weighted by molar-refractivity contribution is 6.09. The minimum absolute atomic E-state index is 0. The Hall–Kier alpha value is -2.48. The van der Waals surface area contributed by atoms with Gasteiger partial charge in [0.1, 0.15) is 11.5 Å². The molecule has 1 saturated heterocycles. The Morgan fingerprint density at radius 2 is 2.10 bits per heavy atom. The molecule has 1 unspecified atom stereocenters. The number of aryl methyl sites for hydroxylation is 1. The number of pyridine rings is 2. The second kappa shape index (κ2) is 7.74. The third kappa shape index (κ3) is 4.42. The van der Waals surface area contributed by atoms with Gasteiger partial charge in [-0.1, -0.05) is 12.8 Å². The minimum atomic E-state index is -4.66. The Morgan fingerprint density at radius 3 is 2.79 bits per heavy atom. The summed E-state index contributed by atoms with van der Waals surface area (Å²) in [6.45, 7) is 3.65. The van der Waals surface area contributed by atoms with Crippen molar-refractivity contribution in [3.63, 3.8) is 0 Å². The lowest BCUT2D eigenvalue weighted by molar-refractivity contribution is -0.138. The fourth-order valence-corrected chi connectivity index (χ4v) is 3.83. The van der Waals surface area contributed by atoms with Crippen LogP contribution in [0.4, 0.5) is 19.0 Å². The number of halogens is 3. The van der Waals surface area contributed by atoms with Gasteiger partial charge in [0.15, 0.2) is 0 Å². The summed E-state index contributed by atoms with van der Waals surface area (Å²) >= 11 is 0. The van der Waals surface area contributed by atoms with E-state index in [0.717, 1.165) is 24.9 Å². The number of aromatic nitrogens is 2. The van der Waals surface area contributed by atoms with E-state index in [9.17, 15) is 18.0 Å². The maximum Gasteiger partial charge on any atom is 0.418 e. The van der Waals surface area contributed by atoms with E-state index in [-0.39, 0.29) is 8.42 Å². The first kappa shape index (κ1) is 19.8. The first-order chi connectivity index (χ1) is 13.8. The van der Waals surface area contributed by atoms with Gasteiger partial charge in [0.25, 0.3) is 0 Å². The molecule has 2 fully saturated rings. The largest absolute Gasteiger partial charge is 0.418 e. The molecule has 0 bridgehead atoms. The minimum Gasteiger partial charge on any atom is -0.354 e. The maximum atomic E-state index is 13.6. The van der Waals surface area contributed by atoms with Gasteiger partial charge >= 0.3 is 6.18 Å². The van der Waals surface area contributed by atoms with E-state index in [2.05, 4.69) is 15.3 Å². The summed E-state index contributed by atoms with van der Waals surface area (Å²) in [5.41, 5.74) is -1.07. The Morgan fingerprint density at radius 1 is 1.31 bits per heavy atom. The molecule has 0 radical (unpaired) electrons. The third-order valence-corrected chi connectivity index (χ3v) is 5.55. The topological polar surface area (TPSA) is 58.1 Å². The SMILES string of the molecule is Cc1ncccc1C(=O)c1nc(N2CCNC(CC3CC3)C2)ccc1C(F)(F)F.[HH].[HH]. The molecule has 158 valence electrons. The Kier molecular flexibility index (Phi) is 5.29. The molecule has 3 heterocycles. The van der Waals surface area contributed by atoms with Crippen LogP contribution < -0.4 is 10.2 Å². The molecule has 2 aromatic rings. The van der Waals surface area contributed by atoms with Crippen molar-refractivity contribution in [3.05, 3.63) is 53.0 Å². The molecular formula is C21H27F3N4O. The average Bonchev–Trinajstić information content (AvgIpc) is 3.51. The smallest absolute Gasteiger partial charge is 0.354 e. The normalized spacial score (nSPS) is 20.0. The van der Waals surface area contributed by atoms with Gasteiger partial charge in [0, 0.05) is 46.0 Å². The van der Waals surface area contributed by atoms with Crippen LogP contribution in [0.5, 0.6) is 0 Å². The van der Waals surface area contributed by atoms with E-state index in [1.54, 1.807) is 6.92 Å². The molecule has 1 atom stereocenters. The van der Waals surface area contributed by atoms with Crippen molar-refractivity contribution in [2.45, 2.75) is 38.4 Å². The van der Waals surface area contributed by atoms with E-state index in [4.69, 9.17) is 0 Å². The molecule has 2 aromatic heterocycles. The van der Waals surface area contributed by atoms with Crippen LogP contribution in [-0.2, 0) is 6.18 Å². The zero-order chi connectivity index (χ0) is 20.6. The summed E-state index contributed by atoms with van der Waals surface area (Å²) < 4.78 is 40.7. The molecule has 1 N–H and O–H groups in total. The summed E-state index contributed by atoms with van der Waals surface area (Å²) in [7, 11) is 0. The third-order valence-electron chi connectivity index (χ3n) is 5.55. The average molecular weight is 408 g/mol. The standard InChI is InChI=1S/C21H23F3N4O.2H2/c1-13-16(3-2-8-25-13)20(29)19-17(21(22,23)24)6-7-18(27-19)28-10-9-26-15(12-28)11-14-4-5-14;;/h2-3,6-8,14-15,26H,4-5,9-12H2,1H3;2*1H. The van der Waals surface area contributed by atoms with Gasteiger partial charge in [0.2, 0.25) is 5.78 Å². The quantitative estimate of drug-likeness (QED) is 0.755. The summed E-state index contributed by atoms with van der Waals surface area (Å²) in [6.07, 6.45) is 0.406. The van der Waals surface area contributed by atoms with Crippen LogP contribution in [0.3, 0.4) is 0 Å². The number of nitrogens with zero attached hydrogens (tertiary/aromatic N) is 3. The molecule has 1 saturated carbocycles. The van der Waals surface area contributed by atoms with Crippen LogP contribution in [0, 0.1) is 12.8 Å². The summed E-state index contributed by atoms with van der Waals surface area (Å²) in [5, 5.41) is 3.47. The summed E-state index contributed by atoms with van der Waals surface area (Å²) in [5.74, 6) is 0.401. The monoisotopic (exact) mass is 408 g/mol. The fourth-order valence-electron chi connectivity index (χ4n) is 3.83. The molecule has 0 amide bonds. The van der Waals surface area contributed by atoms with Gasteiger partial charge in [-0.25, -0.2) is 4.98 Å². The van der Waals surface area contributed by atoms with Crippen molar-refractivity contribution in [3.8, 4) is 0 Å². The highest BCUT2D eigenvalue weighted by Gasteiger charge is 2.37. The lowest BCUT2D eigenvalue weighted by Crippen LogP contribution is -2.51. The second-order valence-corrected chi connectivity index (χ2v) is 7.81. The van der Waals surface area contributed by atoms with Crippen LogP contribution in [-0.4, -0.2) is 41.4 Å². The predicted molar refractivity (Wildman–Crippen MR) is 107 cm³/mol. The van der Waals surface area contributed by atoms with E-state index in [0.29, 0.717) is 30.6 Å². The van der Waals surface area contributed by atoms with Gasteiger partial charge in [-0.15, -0.1) is 0 Å². The number of nitrogens with one attached hydrogen (secondary N) is 1. The van der Waals surface area contributed by atoms with Crippen LogP contribution >= 0.6 is 0 Å². The van der Waals surface area contributed by atoms with Gasteiger partial charge in [-0.3, -0.25) is 9.78 Å². The van der Waals surface area contributed by atoms with Crippen LogP contribution in [0.25, 0.3) is 0 Å².